The first kappa shape index (κ1) is 23.5. The van der Waals surface area contributed by atoms with E-state index in [1.807, 2.05) is 24.3 Å². The number of fused-ring (bicyclic) bond motifs is 3. The second-order valence-corrected chi connectivity index (χ2v) is 9.77. The van der Waals surface area contributed by atoms with Crippen molar-refractivity contribution in [3.63, 3.8) is 0 Å². The van der Waals surface area contributed by atoms with Gasteiger partial charge in [-0.05, 0) is 72.3 Å². The van der Waals surface area contributed by atoms with E-state index in [1.165, 1.54) is 10.8 Å². The van der Waals surface area contributed by atoms with Crippen molar-refractivity contribution in [1.82, 2.24) is 4.57 Å². The summed E-state index contributed by atoms with van der Waals surface area (Å²) in [7, 11) is 0. The molecule has 0 N–H and O–H groups in total. The van der Waals surface area contributed by atoms with Gasteiger partial charge in [0.05, 0.1) is 28.4 Å². The molecule has 0 amide bonds. The Balaban J connectivity index is 1.46. The maximum atomic E-state index is 9.29. The fraction of sp³-hybridized carbons (Fsp3) is 0. The van der Waals surface area contributed by atoms with Gasteiger partial charge in [-0.15, -0.1) is 0 Å². The van der Waals surface area contributed by atoms with Gasteiger partial charge in [0.2, 0.25) is 0 Å². The van der Waals surface area contributed by atoms with Crippen LogP contribution in [0.5, 0.6) is 0 Å². The van der Waals surface area contributed by atoms with Gasteiger partial charge >= 0.3 is 0 Å². The lowest BCUT2D eigenvalue weighted by Gasteiger charge is -2.25. The highest BCUT2D eigenvalue weighted by Crippen LogP contribution is 2.40. The third-order valence-corrected chi connectivity index (χ3v) is 7.41. The molecule has 40 heavy (non-hydrogen) atoms. The second kappa shape index (κ2) is 9.94. The Morgan fingerprint density at radius 2 is 1.10 bits per heavy atom. The van der Waals surface area contributed by atoms with Gasteiger partial charge in [0.25, 0.3) is 0 Å². The van der Waals surface area contributed by atoms with Crippen LogP contribution in [0, 0.1) is 11.3 Å². The van der Waals surface area contributed by atoms with E-state index in [2.05, 4.69) is 143 Å². The Kier molecular flexibility index (Phi) is 5.85. The van der Waals surface area contributed by atoms with Crippen molar-refractivity contribution in [2.75, 3.05) is 4.90 Å². The molecule has 0 aliphatic carbocycles. The Labute approximate surface area is 233 Å². The predicted molar refractivity (Wildman–Crippen MR) is 166 cm³/mol. The summed E-state index contributed by atoms with van der Waals surface area (Å²) in [6.45, 7) is 0. The van der Waals surface area contributed by atoms with Crippen molar-refractivity contribution in [3.8, 4) is 22.9 Å². The quantitative estimate of drug-likeness (QED) is 0.230. The van der Waals surface area contributed by atoms with E-state index < -0.39 is 0 Å². The van der Waals surface area contributed by atoms with Crippen LogP contribution in [-0.4, -0.2) is 4.57 Å². The molecular weight excluding hydrogens is 486 g/mol. The van der Waals surface area contributed by atoms with E-state index >= 15 is 0 Å². The predicted octanol–water partition coefficient (Wildman–Crippen LogP) is 9.79. The monoisotopic (exact) mass is 511 g/mol. The summed E-state index contributed by atoms with van der Waals surface area (Å²) in [5.41, 5.74) is 9.60. The molecule has 0 spiro atoms. The molecular formula is C37H25N3. The number of hydrogen-bond donors (Lipinski definition) is 0. The summed E-state index contributed by atoms with van der Waals surface area (Å²) in [5, 5.41) is 11.7. The van der Waals surface area contributed by atoms with Crippen molar-refractivity contribution in [2.24, 2.45) is 0 Å². The van der Waals surface area contributed by atoms with Crippen LogP contribution in [-0.2, 0) is 0 Å². The highest BCUT2D eigenvalue weighted by atomic mass is 15.1. The minimum Gasteiger partial charge on any atom is -0.310 e. The molecule has 7 rings (SSSR count). The normalized spacial score (nSPS) is 11.0. The summed E-state index contributed by atoms with van der Waals surface area (Å²) < 4.78 is 2.36. The Hall–Kier alpha value is -5.59. The van der Waals surface area contributed by atoms with Crippen LogP contribution in [0.15, 0.2) is 152 Å². The molecule has 0 unspecified atom stereocenters. The first-order valence-corrected chi connectivity index (χ1v) is 13.4. The topological polar surface area (TPSA) is 32.0 Å². The average Bonchev–Trinajstić information content (AvgIpc) is 3.36. The molecule has 0 radical (unpaired) electrons. The van der Waals surface area contributed by atoms with Crippen LogP contribution in [0.4, 0.5) is 17.1 Å². The van der Waals surface area contributed by atoms with Crippen molar-refractivity contribution in [1.29, 1.82) is 5.26 Å². The van der Waals surface area contributed by atoms with Gasteiger partial charge in [-0.1, -0.05) is 84.9 Å². The van der Waals surface area contributed by atoms with E-state index in [4.69, 9.17) is 0 Å². The number of benzene rings is 6. The molecule has 0 saturated heterocycles. The molecule has 0 aliphatic heterocycles. The van der Waals surface area contributed by atoms with Crippen molar-refractivity contribution in [2.45, 2.75) is 0 Å². The van der Waals surface area contributed by atoms with Gasteiger partial charge in [0.1, 0.15) is 0 Å². The van der Waals surface area contributed by atoms with E-state index in [0.29, 0.717) is 5.56 Å². The van der Waals surface area contributed by atoms with Gasteiger partial charge in [0, 0.05) is 33.4 Å². The highest BCUT2D eigenvalue weighted by Gasteiger charge is 2.18. The highest BCUT2D eigenvalue weighted by molar-refractivity contribution is 6.11. The SMILES string of the molecule is N#Cc1ccc(-c2ccccc2-n2c3ccccc3c3cc(N(c4ccccc4)c4ccccc4)ccc32)cc1. The van der Waals surface area contributed by atoms with Gasteiger partial charge in [-0.2, -0.15) is 5.26 Å². The van der Waals surface area contributed by atoms with Crippen LogP contribution in [0.2, 0.25) is 0 Å². The minimum atomic E-state index is 0.659. The zero-order valence-electron chi connectivity index (χ0n) is 21.8. The third-order valence-electron chi connectivity index (χ3n) is 7.41. The molecule has 0 saturated carbocycles. The lowest BCUT2D eigenvalue weighted by atomic mass is 10.0. The average molecular weight is 512 g/mol. The lowest BCUT2D eigenvalue weighted by Crippen LogP contribution is -2.09. The summed E-state index contributed by atoms with van der Waals surface area (Å²) in [6, 6.07) is 54.9. The van der Waals surface area contributed by atoms with Crippen LogP contribution in [0.3, 0.4) is 0 Å². The number of nitriles is 1. The molecule has 0 aliphatic rings. The fourth-order valence-corrected chi connectivity index (χ4v) is 5.60. The van der Waals surface area contributed by atoms with Crippen molar-refractivity contribution >= 4 is 38.9 Å². The van der Waals surface area contributed by atoms with Crippen LogP contribution >= 0.6 is 0 Å². The summed E-state index contributed by atoms with van der Waals surface area (Å²) in [5.74, 6) is 0. The summed E-state index contributed by atoms with van der Waals surface area (Å²) in [6.07, 6.45) is 0. The van der Waals surface area contributed by atoms with Gasteiger partial charge in [-0.3, -0.25) is 0 Å². The maximum absolute atomic E-state index is 9.29. The molecule has 188 valence electrons. The first-order chi connectivity index (χ1) is 19.8. The Morgan fingerprint density at radius 3 is 1.80 bits per heavy atom. The molecule has 1 heterocycles. The Morgan fingerprint density at radius 1 is 0.500 bits per heavy atom. The zero-order valence-corrected chi connectivity index (χ0v) is 21.8. The number of hydrogen-bond acceptors (Lipinski definition) is 2. The van der Waals surface area contributed by atoms with E-state index in [0.717, 1.165) is 44.9 Å². The maximum Gasteiger partial charge on any atom is 0.0991 e. The molecule has 0 bridgehead atoms. The Bertz CT molecular complexity index is 1960. The smallest absolute Gasteiger partial charge is 0.0991 e. The number of para-hydroxylation sites is 4. The summed E-state index contributed by atoms with van der Waals surface area (Å²) >= 11 is 0. The standard InChI is InChI=1S/C37H25N3/c38-26-27-19-21-28(22-20-27)32-15-7-9-17-35(32)40-36-18-10-8-16-33(36)34-25-31(23-24-37(34)40)39(29-11-3-1-4-12-29)30-13-5-2-6-14-30/h1-25H. The number of nitrogens with zero attached hydrogens (tertiary/aromatic N) is 3. The van der Waals surface area contributed by atoms with E-state index in [1.54, 1.807) is 0 Å². The third kappa shape index (κ3) is 4.00. The van der Waals surface area contributed by atoms with Gasteiger partial charge < -0.3 is 9.47 Å². The van der Waals surface area contributed by atoms with E-state index in [-0.39, 0.29) is 0 Å². The fourth-order valence-electron chi connectivity index (χ4n) is 5.60. The molecule has 6 aromatic carbocycles. The van der Waals surface area contributed by atoms with Gasteiger partial charge in [0.15, 0.2) is 0 Å². The number of anilines is 3. The summed E-state index contributed by atoms with van der Waals surface area (Å²) in [4.78, 5) is 2.30. The molecule has 3 heteroatoms. The van der Waals surface area contributed by atoms with Crippen molar-refractivity contribution < 1.29 is 0 Å². The van der Waals surface area contributed by atoms with Crippen LogP contribution in [0.25, 0.3) is 38.6 Å². The van der Waals surface area contributed by atoms with Crippen LogP contribution < -0.4 is 4.90 Å². The minimum absolute atomic E-state index is 0.659. The number of aromatic nitrogens is 1. The molecule has 0 atom stereocenters. The first-order valence-electron chi connectivity index (χ1n) is 13.4. The molecule has 3 nitrogen and oxygen atoms in total. The van der Waals surface area contributed by atoms with E-state index in [9.17, 15) is 5.26 Å². The lowest BCUT2D eigenvalue weighted by molar-refractivity contribution is 1.18. The molecule has 0 fully saturated rings. The second-order valence-electron chi connectivity index (χ2n) is 9.77. The number of rotatable bonds is 5. The van der Waals surface area contributed by atoms with Gasteiger partial charge in [-0.25, -0.2) is 0 Å². The largest absolute Gasteiger partial charge is 0.310 e. The van der Waals surface area contributed by atoms with Crippen molar-refractivity contribution in [3.05, 3.63) is 157 Å². The molecule has 1 aromatic heterocycles. The van der Waals surface area contributed by atoms with Crippen LogP contribution in [0.1, 0.15) is 5.56 Å². The molecule has 7 aromatic rings. The zero-order chi connectivity index (χ0) is 26.9.